The second kappa shape index (κ2) is 14.6. The summed E-state index contributed by atoms with van der Waals surface area (Å²) in [5, 5.41) is 21.2. The van der Waals surface area contributed by atoms with Gasteiger partial charge in [0.25, 0.3) is 0 Å². The number of carboxylic acid groups (broad SMARTS) is 1. The largest absolute Gasteiger partial charge is 0.481 e. The van der Waals surface area contributed by atoms with E-state index in [1.165, 1.54) is 32.1 Å². The normalized spacial score (nSPS) is 24.5. The lowest BCUT2D eigenvalue weighted by molar-refractivity contribution is -0.276. The predicted molar refractivity (Wildman–Crippen MR) is 149 cm³/mol. The van der Waals surface area contributed by atoms with Crippen molar-refractivity contribution in [3.8, 4) is 0 Å². The molecule has 0 saturated carbocycles. The third kappa shape index (κ3) is 8.60. The molecule has 4 atom stereocenters. The molecule has 4 rings (SSSR count). The number of aliphatic carboxylic acids is 1. The Morgan fingerprint density at radius 1 is 0.949 bits per heavy atom. The van der Waals surface area contributed by atoms with Gasteiger partial charge in [-0.2, -0.15) is 0 Å². The van der Waals surface area contributed by atoms with E-state index in [9.17, 15) is 14.7 Å². The van der Waals surface area contributed by atoms with E-state index >= 15 is 0 Å². The van der Waals surface area contributed by atoms with Gasteiger partial charge >= 0.3 is 5.97 Å². The van der Waals surface area contributed by atoms with Gasteiger partial charge in [-0.05, 0) is 55.6 Å². The smallest absolute Gasteiger partial charge is 0.303 e. The van der Waals surface area contributed by atoms with E-state index in [2.05, 4.69) is 17.1 Å². The molecule has 1 amide bonds. The van der Waals surface area contributed by atoms with Crippen molar-refractivity contribution in [1.29, 1.82) is 0 Å². The van der Waals surface area contributed by atoms with Crippen LogP contribution in [0, 0.1) is 5.92 Å². The van der Waals surface area contributed by atoms with Crippen LogP contribution in [0.3, 0.4) is 0 Å². The van der Waals surface area contributed by atoms with Gasteiger partial charge in [0.15, 0.2) is 6.29 Å². The van der Waals surface area contributed by atoms with Crippen molar-refractivity contribution in [3.05, 3.63) is 65.2 Å². The van der Waals surface area contributed by atoms with E-state index < -0.39 is 12.3 Å². The zero-order valence-electron chi connectivity index (χ0n) is 22.9. The van der Waals surface area contributed by atoms with Crippen LogP contribution in [0.25, 0.3) is 0 Å². The van der Waals surface area contributed by atoms with Crippen LogP contribution in [0.1, 0.15) is 87.4 Å². The highest BCUT2D eigenvalue weighted by atomic mass is 16.7. The number of carbonyl (C=O) groups is 2. The van der Waals surface area contributed by atoms with E-state index in [1.54, 1.807) is 0 Å². The Kier molecular flexibility index (Phi) is 10.9. The molecule has 0 bridgehead atoms. The Bertz CT molecular complexity index is 1070. The SMILES string of the molecule is CC1C(CN2CCCCCCC2)OC(c2cccc(NC(=O)CCCC(=O)O)c2)OC1c1ccc(CO)cc1. The number of aliphatic hydroxyl groups excluding tert-OH is 1. The van der Waals surface area contributed by atoms with Gasteiger partial charge in [-0.25, -0.2) is 0 Å². The maximum absolute atomic E-state index is 12.3. The highest BCUT2D eigenvalue weighted by Crippen LogP contribution is 2.42. The number of carboxylic acids is 1. The minimum Gasteiger partial charge on any atom is -0.481 e. The first-order valence-corrected chi connectivity index (χ1v) is 14.3. The van der Waals surface area contributed by atoms with Gasteiger partial charge in [0.2, 0.25) is 5.91 Å². The van der Waals surface area contributed by atoms with Gasteiger partial charge in [-0.3, -0.25) is 9.59 Å². The standard InChI is InChI=1S/C31H42N2O6/c1-22-27(20-33-17-5-3-2-4-6-18-33)38-31(39-30(22)24-15-13-23(21-34)14-16-24)25-9-7-10-26(19-25)32-28(35)11-8-12-29(36)37/h7,9-10,13-16,19,22,27,30-31,34H,2-6,8,11-12,17-18,20-21H2,1H3,(H,32,35)(H,36,37). The van der Waals surface area contributed by atoms with Crippen molar-refractivity contribution >= 4 is 17.6 Å². The number of hydrogen-bond acceptors (Lipinski definition) is 6. The molecular formula is C31H42N2O6. The van der Waals surface area contributed by atoms with Crippen LogP contribution in [-0.4, -0.2) is 52.7 Å². The maximum Gasteiger partial charge on any atom is 0.303 e. The first kappa shape index (κ1) is 29.2. The van der Waals surface area contributed by atoms with Gasteiger partial charge in [0.1, 0.15) is 0 Å². The maximum atomic E-state index is 12.3. The number of likely N-dealkylation sites (tertiary alicyclic amines) is 1. The van der Waals surface area contributed by atoms with Gasteiger partial charge in [-0.1, -0.05) is 62.6 Å². The minimum atomic E-state index is -0.906. The molecule has 0 spiro atoms. The van der Waals surface area contributed by atoms with Crippen molar-refractivity contribution in [2.24, 2.45) is 5.92 Å². The first-order chi connectivity index (χ1) is 18.9. The molecule has 8 heteroatoms. The van der Waals surface area contributed by atoms with E-state index in [0.717, 1.165) is 36.3 Å². The fourth-order valence-electron chi connectivity index (χ4n) is 5.46. The average molecular weight is 539 g/mol. The molecule has 2 fully saturated rings. The molecule has 3 N–H and O–H groups in total. The van der Waals surface area contributed by atoms with Crippen molar-refractivity contribution < 1.29 is 29.3 Å². The van der Waals surface area contributed by atoms with Crippen LogP contribution >= 0.6 is 0 Å². The number of rotatable bonds is 10. The van der Waals surface area contributed by atoms with Crippen LogP contribution < -0.4 is 5.32 Å². The third-order valence-corrected chi connectivity index (χ3v) is 7.75. The molecule has 2 aliphatic heterocycles. The number of anilines is 1. The van der Waals surface area contributed by atoms with Crippen molar-refractivity contribution in [3.63, 3.8) is 0 Å². The van der Waals surface area contributed by atoms with Crippen LogP contribution in [0.2, 0.25) is 0 Å². The summed E-state index contributed by atoms with van der Waals surface area (Å²) in [5.41, 5.74) is 3.36. The summed E-state index contributed by atoms with van der Waals surface area (Å²) in [5.74, 6) is -1.01. The fourth-order valence-corrected chi connectivity index (χ4v) is 5.46. The quantitative estimate of drug-likeness (QED) is 0.370. The number of ether oxygens (including phenoxy) is 2. The summed E-state index contributed by atoms with van der Waals surface area (Å²) in [6, 6.07) is 15.4. The van der Waals surface area contributed by atoms with Crippen molar-refractivity contribution in [2.45, 2.75) is 83.4 Å². The van der Waals surface area contributed by atoms with E-state index in [1.807, 2.05) is 48.5 Å². The van der Waals surface area contributed by atoms with Crippen molar-refractivity contribution in [1.82, 2.24) is 4.90 Å². The lowest BCUT2D eigenvalue weighted by Gasteiger charge is -2.43. The predicted octanol–water partition coefficient (Wildman–Crippen LogP) is 5.43. The molecule has 2 aromatic carbocycles. The highest BCUT2D eigenvalue weighted by molar-refractivity contribution is 5.90. The Labute approximate surface area is 231 Å². The zero-order valence-corrected chi connectivity index (χ0v) is 22.9. The molecule has 2 saturated heterocycles. The molecule has 2 aromatic rings. The lowest BCUT2D eigenvalue weighted by atomic mass is 9.89. The number of benzene rings is 2. The molecule has 39 heavy (non-hydrogen) atoms. The number of aliphatic hydroxyl groups is 1. The van der Waals surface area contributed by atoms with Gasteiger partial charge in [-0.15, -0.1) is 0 Å². The van der Waals surface area contributed by atoms with E-state index in [0.29, 0.717) is 12.1 Å². The molecule has 0 aromatic heterocycles. The Morgan fingerprint density at radius 2 is 1.67 bits per heavy atom. The number of hydrogen-bond donors (Lipinski definition) is 3. The summed E-state index contributed by atoms with van der Waals surface area (Å²) in [6.07, 6.45) is 5.86. The number of carbonyl (C=O) groups excluding carboxylic acids is 1. The summed E-state index contributed by atoms with van der Waals surface area (Å²) in [6.45, 7) is 5.18. The molecule has 8 nitrogen and oxygen atoms in total. The third-order valence-electron chi connectivity index (χ3n) is 7.75. The fraction of sp³-hybridized carbons (Fsp3) is 0.548. The molecular weight excluding hydrogens is 496 g/mol. The van der Waals surface area contributed by atoms with E-state index in [-0.39, 0.29) is 43.5 Å². The van der Waals surface area contributed by atoms with Crippen molar-refractivity contribution in [2.75, 3.05) is 25.0 Å². The number of nitrogens with zero attached hydrogens (tertiary/aromatic N) is 1. The molecule has 2 aliphatic rings. The summed E-state index contributed by atoms with van der Waals surface area (Å²) in [4.78, 5) is 25.6. The molecule has 4 unspecified atom stereocenters. The summed E-state index contributed by atoms with van der Waals surface area (Å²) in [7, 11) is 0. The Balaban J connectivity index is 1.52. The summed E-state index contributed by atoms with van der Waals surface area (Å²) >= 11 is 0. The molecule has 0 radical (unpaired) electrons. The second-order valence-electron chi connectivity index (χ2n) is 10.8. The highest BCUT2D eigenvalue weighted by Gasteiger charge is 2.39. The van der Waals surface area contributed by atoms with Gasteiger partial charge in [0.05, 0.1) is 18.8 Å². The lowest BCUT2D eigenvalue weighted by Crippen LogP contribution is -2.45. The van der Waals surface area contributed by atoms with Crippen LogP contribution in [-0.2, 0) is 25.7 Å². The van der Waals surface area contributed by atoms with Crippen LogP contribution in [0.5, 0.6) is 0 Å². The molecule has 0 aliphatic carbocycles. The van der Waals surface area contributed by atoms with E-state index in [4.69, 9.17) is 14.6 Å². The molecule has 2 heterocycles. The van der Waals surface area contributed by atoms with Gasteiger partial charge in [0, 0.05) is 36.6 Å². The Morgan fingerprint density at radius 3 is 2.36 bits per heavy atom. The minimum absolute atomic E-state index is 0.000498. The summed E-state index contributed by atoms with van der Waals surface area (Å²) < 4.78 is 13.2. The van der Waals surface area contributed by atoms with Crippen LogP contribution in [0.15, 0.2) is 48.5 Å². The van der Waals surface area contributed by atoms with Crippen LogP contribution in [0.4, 0.5) is 5.69 Å². The number of amides is 1. The molecule has 212 valence electrons. The van der Waals surface area contributed by atoms with Gasteiger partial charge < -0.3 is 29.9 Å². The zero-order chi connectivity index (χ0) is 27.6. The first-order valence-electron chi connectivity index (χ1n) is 14.3. The Hall–Kier alpha value is -2.78. The second-order valence-corrected chi connectivity index (χ2v) is 10.8. The topological polar surface area (TPSA) is 108 Å². The monoisotopic (exact) mass is 538 g/mol. The number of nitrogens with one attached hydrogen (secondary N) is 1. The average Bonchev–Trinajstić information content (AvgIpc) is 2.91.